The molecule has 0 atom stereocenters. The molecule has 5 aromatic rings. The van der Waals surface area contributed by atoms with E-state index < -0.39 is 0 Å². The summed E-state index contributed by atoms with van der Waals surface area (Å²) in [7, 11) is 0. The van der Waals surface area contributed by atoms with Gasteiger partial charge >= 0.3 is 0 Å². The Hall–Kier alpha value is -4.13. The number of aromatic nitrogens is 6. The Morgan fingerprint density at radius 2 is 1.61 bits per heavy atom. The van der Waals surface area contributed by atoms with E-state index in [-0.39, 0.29) is 11.3 Å². The van der Waals surface area contributed by atoms with Crippen molar-refractivity contribution in [2.24, 2.45) is 0 Å². The summed E-state index contributed by atoms with van der Waals surface area (Å²) in [4.78, 5) is 29.1. The third-order valence-corrected chi connectivity index (χ3v) is 4.32. The summed E-state index contributed by atoms with van der Waals surface area (Å²) in [5, 5.41) is 4.60. The number of nitrogens with zero attached hydrogens (tertiary/aromatic N) is 5. The molecule has 0 saturated carbocycles. The van der Waals surface area contributed by atoms with Crippen molar-refractivity contribution >= 4 is 11.0 Å². The second-order valence-electron chi connectivity index (χ2n) is 6.16. The van der Waals surface area contributed by atoms with Crippen LogP contribution in [0.2, 0.25) is 0 Å². The van der Waals surface area contributed by atoms with Gasteiger partial charge in [0.05, 0.1) is 11.0 Å². The van der Waals surface area contributed by atoms with Crippen LogP contribution in [-0.4, -0.2) is 29.7 Å². The van der Waals surface area contributed by atoms with Crippen molar-refractivity contribution in [1.29, 1.82) is 0 Å². The van der Waals surface area contributed by atoms with Gasteiger partial charge in [-0.05, 0) is 24.3 Å². The minimum absolute atomic E-state index is 0.194. The highest BCUT2D eigenvalue weighted by Crippen LogP contribution is 2.22. The fraction of sp³-hybridized carbons (Fsp3) is 0. The zero-order chi connectivity index (χ0) is 18.9. The van der Waals surface area contributed by atoms with Crippen molar-refractivity contribution in [2.75, 3.05) is 0 Å². The maximum Gasteiger partial charge on any atom is 0.278 e. The molecular formula is C21H14N6O. The minimum Gasteiger partial charge on any atom is -0.319 e. The van der Waals surface area contributed by atoms with Gasteiger partial charge in [0.15, 0.2) is 23.2 Å². The molecule has 0 spiro atoms. The lowest BCUT2D eigenvalue weighted by Gasteiger charge is -2.04. The first-order valence-corrected chi connectivity index (χ1v) is 8.73. The maximum atomic E-state index is 12.7. The lowest BCUT2D eigenvalue weighted by Crippen LogP contribution is -2.15. The number of benzene rings is 2. The molecule has 3 aromatic heterocycles. The Morgan fingerprint density at radius 3 is 2.43 bits per heavy atom. The predicted octanol–water partition coefficient (Wildman–Crippen LogP) is 3.23. The maximum absolute atomic E-state index is 12.7. The molecule has 134 valence electrons. The average molecular weight is 366 g/mol. The molecule has 0 aliphatic carbocycles. The summed E-state index contributed by atoms with van der Waals surface area (Å²) in [6, 6.07) is 22.4. The van der Waals surface area contributed by atoms with Crippen LogP contribution < -0.4 is 5.56 Å². The second kappa shape index (κ2) is 6.55. The van der Waals surface area contributed by atoms with Crippen molar-refractivity contribution in [3.8, 4) is 28.7 Å². The smallest absolute Gasteiger partial charge is 0.278 e. The Morgan fingerprint density at radius 1 is 0.821 bits per heavy atom. The quantitative estimate of drug-likeness (QED) is 0.529. The number of hydrogen-bond acceptors (Lipinski definition) is 5. The number of nitrogens with one attached hydrogen (secondary N) is 1. The first kappa shape index (κ1) is 16.1. The van der Waals surface area contributed by atoms with Gasteiger partial charge in [0, 0.05) is 11.8 Å². The van der Waals surface area contributed by atoms with Gasteiger partial charge in [-0.25, -0.2) is 15.0 Å². The molecule has 1 N–H and O–H groups in total. The van der Waals surface area contributed by atoms with Crippen molar-refractivity contribution in [3.05, 3.63) is 89.3 Å². The molecule has 0 radical (unpaired) electrons. The van der Waals surface area contributed by atoms with E-state index in [9.17, 15) is 4.79 Å². The molecular weight excluding hydrogens is 352 g/mol. The number of fused-ring (bicyclic) bond motifs is 1. The fourth-order valence-corrected chi connectivity index (χ4v) is 2.99. The minimum atomic E-state index is -0.331. The van der Waals surface area contributed by atoms with Gasteiger partial charge in [-0.15, -0.1) is 5.10 Å². The third kappa shape index (κ3) is 2.75. The van der Waals surface area contributed by atoms with E-state index in [0.717, 1.165) is 5.56 Å². The van der Waals surface area contributed by atoms with Crippen LogP contribution in [0.15, 0.2) is 83.8 Å². The monoisotopic (exact) mass is 366 g/mol. The van der Waals surface area contributed by atoms with Crippen LogP contribution in [0.4, 0.5) is 0 Å². The summed E-state index contributed by atoms with van der Waals surface area (Å²) in [6.07, 6.45) is 1.67. The molecule has 3 heterocycles. The summed E-state index contributed by atoms with van der Waals surface area (Å²) in [6.45, 7) is 0. The van der Waals surface area contributed by atoms with Gasteiger partial charge in [-0.1, -0.05) is 48.5 Å². The van der Waals surface area contributed by atoms with E-state index in [2.05, 4.69) is 25.0 Å². The summed E-state index contributed by atoms with van der Waals surface area (Å²) in [5.41, 5.74) is 2.05. The first-order chi connectivity index (χ1) is 13.8. The Bertz CT molecular complexity index is 1330. The SMILES string of the molecule is O=c1[nH]c2ccccc2nc1-c1nc(-c2ccccc2)nn1-c1ccccn1. The average Bonchev–Trinajstić information content (AvgIpc) is 3.20. The zero-order valence-electron chi connectivity index (χ0n) is 14.6. The number of rotatable bonds is 3. The van der Waals surface area contributed by atoms with Crippen molar-refractivity contribution in [3.63, 3.8) is 0 Å². The van der Waals surface area contributed by atoms with Gasteiger partial charge in [0.2, 0.25) is 0 Å². The van der Waals surface area contributed by atoms with Crippen LogP contribution in [0.5, 0.6) is 0 Å². The number of aromatic amines is 1. The standard InChI is InChI=1S/C21H14N6O/c28-21-18(23-15-10-4-5-11-16(15)24-21)20-25-19(14-8-2-1-3-9-14)26-27(20)17-12-6-7-13-22-17/h1-13H,(H,24,28). The van der Waals surface area contributed by atoms with Crippen LogP contribution in [0.25, 0.3) is 39.8 Å². The van der Waals surface area contributed by atoms with Crippen molar-refractivity contribution in [2.45, 2.75) is 0 Å². The van der Waals surface area contributed by atoms with E-state index in [1.807, 2.05) is 72.8 Å². The Labute approximate surface area is 159 Å². The number of para-hydroxylation sites is 2. The first-order valence-electron chi connectivity index (χ1n) is 8.73. The lowest BCUT2D eigenvalue weighted by atomic mass is 10.2. The van der Waals surface area contributed by atoms with Crippen LogP contribution in [0.1, 0.15) is 0 Å². The lowest BCUT2D eigenvalue weighted by molar-refractivity contribution is 0.851. The number of pyridine rings is 1. The highest BCUT2D eigenvalue weighted by Gasteiger charge is 2.20. The summed E-state index contributed by atoms with van der Waals surface area (Å²) >= 11 is 0. The van der Waals surface area contributed by atoms with Gasteiger partial charge in [-0.3, -0.25) is 4.79 Å². The number of H-pyrrole nitrogens is 1. The van der Waals surface area contributed by atoms with E-state index in [1.165, 1.54) is 0 Å². The highest BCUT2D eigenvalue weighted by molar-refractivity contribution is 5.76. The Balaban J connectivity index is 1.78. The second-order valence-corrected chi connectivity index (χ2v) is 6.16. The Kier molecular flexibility index (Phi) is 3.76. The van der Waals surface area contributed by atoms with E-state index in [0.29, 0.717) is 28.5 Å². The topological polar surface area (TPSA) is 89.4 Å². The van der Waals surface area contributed by atoms with Crippen LogP contribution in [0, 0.1) is 0 Å². The largest absolute Gasteiger partial charge is 0.319 e. The fourth-order valence-electron chi connectivity index (χ4n) is 2.99. The predicted molar refractivity (Wildman–Crippen MR) is 106 cm³/mol. The molecule has 0 amide bonds. The molecule has 2 aromatic carbocycles. The van der Waals surface area contributed by atoms with E-state index >= 15 is 0 Å². The van der Waals surface area contributed by atoms with Crippen LogP contribution in [0.3, 0.4) is 0 Å². The molecule has 0 aliphatic rings. The van der Waals surface area contributed by atoms with Crippen LogP contribution >= 0.6 is 0 Å². The molecule has 7 nitrogen and oxygen atoms in total. The highest BCUT2D eigenvalue weighted by atomic mass is 16.1. The zero-order valence-corrected chi connectivity index (χ0v) is 14.6. The third-order valence-electron chi connectivity index (χ3n) is 4.32. The molecule has 28 heavy (non-hydrogen) atoms. The molecule has 0 saturated heterocycles. The summed E-state index contributed by atoms with van der Waals surface area (Å²) < 4.78 is 1.55. The number of hydrogen-bond donors (Lipinski definition) is 1. The molecule has 0 fully saturated rings. The van der Waals surface area contributed by atoms with Crippen molar-refractivity contribution < 1.29 is 0 Å². The van der Waals surface area contributed by atoms with Gasteiger partial charge in [-0.2, -0.15) is 4.68 Å². The van der Waals surface area contributed by atoms with E-state index in [4.69, 9.17) is 0 Å². The molecule has 0 unspecified atom stereocenters. The summed E-state index contributed by atoms with van der Waals surface area (Å²) in [5.74, 6) is 1.39. The van der Waals surface area contributed by atoms with Crippen molar-refractivity contribution in [1.82, 2.24) is 29.7 Å². The van der Waals surface area contributed by atoms with Gasteiger partial charge in [0.25, 0.3) is 5.56 Å². The van der Waals surface area contributed by atoms with Gasteiger partial charge in [0.1, 0.15) is 0 Å². The normalized spacial score (nSPS) is 11.0. The molecule has 7 heteroatoms. The van der Waals surface area contributed by atoms with E-state index in [1.54, 1.807) is 10.9 Å². The molecule has 0 bridgehead atoms. The van der Waals surface area contributed by atoms with Crippen LogP contribution in [-0.2, 0) is 0 Å². The molecule has 5 rings (SSSR count). The molecule has 0 aliphatic heterocycles. The van der Waals surface area contributed by atoms with Gasteiger partial charge < -0.3 is 4.98 Å².